The van der Waals surface area contributed by atoms with Gasteiger partial charge in [0.15, 0.2) is 0 Å². The molecule has 1 rings (SSSR count). The van der Waals surface area contributed by atoms with Gasteiger partial charge in [0.05, 0.1) is 126 Å². The van der Waals surface area contributed by atoms with Crippen molar-refractivity contribution in [1.29, 1.82) is 0 Å². The number of benzene rings is 1. The van der Waals surface area contributed by atoms with Crippen molar-refractivity contribution < 1.29 is 47.4 Å². The molecule has 0 saturated carbocycles. The molecule has 10 nitrogen and oxygen atoms in total. The van der Waals surface area contributed by atoms with Crippen LogP contribution in [0.1, 0.15) is 63.9 Å². The van der Waals surface area contributed by atoms with Gasteiger partial charge in [-0.05, 0) is 12.0 Å². The van der Waals surface area contributed by atoms with Crippen LogP contribution < -0.4 is 0 Å². The SMILES string of the molecule is CCCCCCCCCCOCCOCCOCCOCCOCCOCCOCCOCCOCCOCc1ccccc1. The van der Waals surface area contributed by atoms with Crippen LogP contribution in [0.4, 0.5) is 0 Å². The molecular formula is C35H64O10. The minimum atomic E-state index is 0.527. The van der Waals surface area contributed by atoms with Crippen LogP contribution in [0.2, 0.25) is 0 Å². The fourth-order valence-electron chi connectivity index (χ4n) is 4.08. The lowest BCUT2D eigenvalue weighted by atomic mass is 10.1. The number of rotatable bonds is 38. The van der Waals surface area contributed by atoms with Gasteiger partial charge < -0.3 is 47.4 Å². The van der Waals surface area contributed by atoms with Crippen LogP contribution in [0.15, 0.2) is 30.3 Å². The smallest absolute Gasteiger partial charge is 0.0718 e. The summed E-state index contributed by atoms with van der Waals surface area (Å²) in [6, 6.07) is 10.1. The fraction of sp³-hybridized carbons (Fsp3) is 0.829. The lowest BCUT2D eigenvalue weighted by Crippen LogP contribution is -2.15. The molecule has 0 aliphatic carbocycles. The largest absolute Gasteiger partial charge is 0.379 e. The molecule has 0 saturated heterocycles. The molecule has 45 heavy (non-hydrogen) atoms. The van der Waals surface area contributed by atoms with Crippen LogP contribution in [-0.2, 0) is 54.0 Å². The molecule has 0 aliphatic heterocycles. The molecule has 0 unspecified atom stereocenters. The maximum atomic E-state index is 5.62. The summed E-state index contributed by atoms with van der Waals surface area (Å²) in [6.07, 6.45) is 10.5. The van der Waals surface area contributed by atoms with Crippen molar-refractivity contribution in [1.82, 2.24) is 0 Å². The van der Waals surface area contributed by atoms with Gasteiger partial charge in [0.25, 0.3) is 0 Å². The first-order valence-electron chi connectivity index (χ1n) is 17.2. The Hall–Kier alpha value is -1.18. The van der Waals surface area contributed by atoms with E-state index in [9.17, 15) is 0 Å². The zero-order chi connectivity index (χ0) is 32.0. The third-order valence-electron chi connectivity index (χ3n) is 6.60. The lowest BCUT2D eigenvalue weighted by Gasteiger charge is -2.09. The number of hydrogen-bond acceptors (Lipinski definition) is 10. The number of unbranched alkanes of at least 4 members (excludes halogenated alkanes) is 7. The van der Waals surface area contributed by atoms with Gasteiger partial charge in [-0.1, -0.05) is 82.2 Å². The van der Waals surface area contributed by atoms with Crippen LogP contribution in [-0.4, -0.2) is 126 Å². The van der Waals surface area contributed by atoms with E-state index >= 15 is 0 Å². The highest BCUT2D eigenvalue weighted by Gasteiger charge is 1.97. The summed E-state index contributed by atoms with van der Waals surface area (Å²) in [4.78, 5) is 0. The topological polar surface area (TPSA) is 92.3 Å². The van der Waals surface area contributed by atoms with E-state index in [-0.39, 0.29) is 0 Å². The summed E-state index contributed by atoms with van der Waals surface area (Å²) < 4.78 is 55.2. The van der Waals surface area contributed by atoms with Crippen LogP contribution in [0.5, 0.6) is 0 Å². The first-order chi connectivity index (χ1) is 22.4. The maximum absolute atomic E-state index is 5.62. The number of ether oxygens (including phenoxy) is 10. The zero-order valence-corrected chi connectivity index (χ0v) is 28.3. The Labute approximate surface area is 273 Å². The summed E-state index contributed by atoms with van der Waals surface area (Å²) in [5, 5.41) is 0. The summed E-state index contributed by atoms with van der Waals surface area (Å²) in [6.45, 7) is 13.6. The predicted molar refractivity (Wildman–Crippen MR) is 176 cm³/mol. The van der Waals surface area contributed by atoms with E-state index < -0.39 is 0 Å². The highest BCUT2D eigenvalue weighted by Crippen LogP contribution is 2.08. The third kappa shape index (κ3) is 34.0. The molecule has 1 aromatic carbocycles. The summed E-state index contributed by atoms with van der Waals surface area (Å²) >= 11 is 0. The molecule has 0 spiro atoms. The minimum absolute atomic E-state index is 0.527. The molecular weight excluding hydrogens is 580 g/mol. The van der Waals surface area contributed by atoms with Gasteiger partial charge in [-0.3, -0.25) is 0 Å². The number of hydrogen-bond donors (Lipinski definition) is 0. The quantitative estimate of drug-likeness (QED) is 0.0861. The molecule has 264 valence electrons. The molecule has 0 aliphatic rings. The van der Waals surface area contributed by atoms with Crippen molar-refractivity contribution >= 4 is 0 Å². The molecule has 0 heterocycles. The molecule has 0 fully saturated rings. The minimum Gasteiger partial charge on any atom is -0.379 e. The molecule has 0 bridgehead atoms. The standard InChI is InChI=1S/C35H64O10/c1-2-3-4-5-6-7-8-12-15-36-16-17-37-18-19-38-20-21-39-22-23-40-24-25-41-26-27-42-28-29-43-30-31-44-32-33-45-34-35-13-10-9-11-14-35/h9-11,13-14H,2-8,12,15-34H2,1H3. The molecule has 10 heteroatoms. The summed E-state index contributed by atoms with van der Waals surface area (Å²) in [5.74, 6) is 0. The normalized spacial score (nSPS) is 11.5. The van der Waals surface area contributed by atoms with E-state index in [0.29, 0.717) is 126 Å². The monoisotopic (exact) mass is 644 g/mol. The Morgan fingerprint density at radius 2 is 0.600 bits per heavy atom. The Balaban J connectivity index is 1.61. The maximum Gasteiger partial charge on any atom is 0.0718 e. The second-order valence-corrected chi connectivity index (χ2v) is 10.5. The van der Waals surface area contributed by atoms with Crippen LogP contribution >= 0.6 is 0 Å². The Bertz CT molecular complexity index is 667. The van der Waals surface area contributed by atoms with Crippen molar-refractivity contribution in [2.45, 2.75) is 64.9 Å². The highest BCUT2D eigenvalue weighted by molar-refractivity contribution is 5.13. The Kier molecular flexibility index (Phi) is 34.7. The van der Waals surface area contributed by atoms with Gasteiger partial charge >= 0.3 is 0 Å². The molecule has 1 aromatic rings. The van der Waals surface area contributed by atoms with E-state index in [0.717, 1.165) is 18.6 Å². The van der Waals surface area contributed by atoms with Crippen molar-refractivity contribution in [2.24, 2.45) is 0 Å². The van der Waals surface area contributed by atoms with E-state index in [1.54, 1.807) is 0 Å². The van der Waals surface area contributed by atoms with Gasteiger partial charge in [0.1, 0.15) is 0 Å². The van der Waals surface area contributed by atoms with Crippen molar-refractivity contribution in [3.05, 3.63) is 35.9 Å². The molecule has 0 radical (unpaired) electrons. The first-order valence-corrected chi connectivity index (χ1v) is 17.2. The first kappa shape index (κ1) is 41.8. The van der Waals surface area contributed by atoms with E-state index in [1.807, 2.05) is 30.3 Å². The average molecular weight is 645 g/mol. The zero-order valence-electron chi connectivity index (χ0n) is 28.3. The summed E-state index contributed by atoms with van der Waals surface area (Å²) in [7, 11) is 0. The van der Waals surface area contributed by atoms with E-state index in [4.69, 9.17) is 47.4 Å². The highest BCUT2D eigenvalue weighted by atomic mass is 16.6. The summed E-state index contributed by atoms with van der Waals surface area (Å²) in [5.41, 5.74) is 1.16. The lowest BCUT2D eigenvalue weighted by molar-refractivity contribution is -0.0267. The van der Waals surface area contributed by atoms with Gasteiger partial charge in [0, 0.05) is 6.61 Å². The van der Waals surface area contributed by atoms with E-state index in [1.165, 1.54) is 44.9 Å². The van der Waals surface area contributed by atoms with Crippen molar-refractivity contribution in [3.63, 3.8) is 0 Å². The van der Waals surface area contributed by atoms with Gasteiger partial charge in [-0.15, -0.1) is 0 Å². The predicted octanol–water partition coefficient (Wildman–Crippen LogP) is 5.49. The van der Waals surface area contributed by atoms with Crippen molar-refractivity contribution in [2.75, 3.05) is 126 Å². The van der Waals surface area contributed by atoms with Gasteiger partial charge in [-0.25, -0.2) is 0 Å². The van der Waals surface area contributed by atoms with Crippen LogP contribution in [0.25, 0.3) is 0 Å². The molecule has 0 amide bonds. The fourth-order valence-corrected chi connectivity index (χ4v) is 4.08. The van der Waals surface area contributed by atoms with Crippen molar-refractivity contribution in [3.8, 4) is 0 Å². The molecule has 0 atom stereocenters. The second kappa shape index (κ2) is 37.3. The average Bonchev–Trinajstić information content (AvgIpc) is 3.06. The van der Waals surface area contributed by atoms with Crippen LogP contribution in [0, 0.1) is 0 Å². The third-order valence-corrected chi connectivity index (χ3v) is 6.60. The van der Waals surface area contributed by atoms with Gasteiger partial charge in [-0.2, -0.15) is 0 Å². The van der Waals surface area contributed by atoms with Gasteiger partial charge in [0.2, 0.25) is 0 Å². The second-order valence-electron chi connectivity index (χ2n) is 10.5. The van der Waals surface area contributed by atoms with E-state index in [2.05, 4.69) is 6.92 Å². The molecule has 0 N–H and O–H groups in total. The Morgan fingerprint density at radius 1 is 0.311 bits per heavy atom. The van der Waals surface area contributed by atoms with Crippen LogP contribution in [0.3, 0.4) is 0 Å². The Morgan fingerprint density at radius 3 is 0.956 bits per heavy atom. The molecule has 0 aromatic heterocycles.